The third-order valence-electron chi connectivity index (χ3n) is 3.24. The van der Waals surface area contributed by atoms with Crippen LogP contribution in [-0.4, -0.2) is 20.0 Å². The molecule has 0 spiro atoms. The van der Waals surface area contributed by atoms with Crippen molar-refractivity contribution in [3.05, 3.63) is 52.8 Å². The molecular formula is C15H16ClN5O. The quantitative estimate of drug-likeness (QED) is 0.794. The monoisotopic (exact) mass is 317 g/mol. The first-order valence-corrected chi connectivity index (χ1v) is 7.30. The Hall–Kier alpha value is -2.34. The highest BCUT2D eigenvalue weighted by atomic mass is 35.5. The summed E-state index contributed by atoms with van der Waals surface area (Å²) in [5.41, 5.74) is 1.82. The first-order valence-electron chi connectivity index (χ1n) is 6.92. The second-order valence-corrected chi connectivity index (χ2v) is 5.47. The molecule has 0 aliphatic rings. The van der Waals surface area contributed by atoms with Gasteiger partial charge in [-0.05, 0) is 26.0 Å². The molecule has 0 saturated carbocycles. The molecule has 6 nitrogen and oxygen atoms in total. The predicted octanol–water partition coefficient (Wildman–Crippen LogP) is 3.70. The Labute approximate surface area is 133 Å². The summed E-state index contributed by atoms with van der Waals surface area (Å²) in [6, 6.07) is 9.41. The summed E-state index contributed by atoms with van der Waals surface area (Å²) in [4.78, 5) is 0. The number of hydrogen-bond acceptors (Lipinski definition) is 5. The third kappa shape index (κ3) is 2.82. The van der Waals surface area contributed by atoms with Gasteiger partial charge in [-0.1, -0.05) is 23.7 Å². The highest BCUT2D eigenvalue weighted by molar-refractivity contribution is 6.32. The smallest absolute Gasteiger partial charge is 0.238 e. The molecular weight excluding hydrogens is 302 g/mol. The van der Waals surface area contributed by atoms with Gasteiger partial charge in [0.25, 0.3) is 0 Å². The van der Waals surface area contributed by atoms with Crippen LogP contribution < -0.4 is 5.32 Å². The lowest BCUT2D eigenvalue weighted by Crippen LogP contribution is -2.08. The van der Waals surface area contributed by atoms with Crippen molar-refractivity contribution in [2.24, 2.45) is 0 Å². The van der Waals surface area contributed by atoms with Gasteiger partial charge < -0.3 is 9.73 Å². The maximum absolute atomic E-state index is 6.23. The molecule has 0 bridgehead atoms. The number of nitrogens with one attached hydrogen (secondary N) is 1. The van der Waals surface area contributed by atoms with Crippen molar-refractivity contribution < 1.29 is 4.42 Å². The summed E-state index contributed by atoms with van der Waals surface area (Å²) in [7, 11) is 0. The average molecular weight is 318 g/mol. The molecule has 22 heavy (non-hydrogen) atoms. The van der Waals surface area contributed by atoms with E-state index in [0.717, 1.165) is 17.2 Å². The molecule has 0 fully saturated rings. The third-order valence-corrected chi connectivity index (χ3v) is 3.56. The highest BCUT2D eigenvalue weighted by Gasteiger charge is 2.15. The average Bonchev–Trinajstić information content (AvgIpc) is 3.06. The van der Waals surface area contributed by atoms with E-state index in [1.54, 1.807) is 11.6 Å². The van der Waals surface area contributed by atoms with Gasteiger partial charge in [-0.25, -0.2) is 4.68 Å². The van der Waals surface area contributed by atoms with E-state index in [4.69, 9.17) is 16.0 Å². The minimum Gasteiger partial charge on any atom is -0.423 e. The van der Waals surface area contributed by atoms with Crippen molar-refractivity contribution >= 4 is 17.4 Å². The molecule has 3 rings (SSSR count). The Kier molecular flexibility index (Phi) is 3.85. The number of anilines is 1. The first-order chi connectivity index (χ1) is 10.5. The van der Waals surface area contributed by atoms with Crippen LogP contribution >= 0.6 is 11.6 Å². The number of hydrogen-bond donors (Lipinski definition) is 1. The predicted molar refractivity (Wildman–Crippen MR) is 84.4 cm³/mol. The normalized spacial score (nSPS) is 12.4. The summed E-state index contributed by atoms with van der Waals surface area (Å²) in [6.07, 6.45) is 0. The van der Waals surface area contributed by atoms with Crippen LogP contribution in [0.1, 0.15) is 30.4 Å². The zero-order valence-electron chi connectivity index (χ0n) is 12.5. The van der Waals surface area contributed by atoms with Crippen LogP contribution in [0, 0.1) is 13.8 Å². The molecule has 0 aliphatic heterocycles. The van der Waals surface area contributed by atoms with E-state index in [2.05, 4.69) is 20.6 Å². The fourth-order valence-electron chi connectivity index (χ4n) is 2.18. The maximum Gasteiger partial charge on any atom is 0.238 e. The minimum atomic E-state index is -0.129. The largest absolute Gasteiger partial charge is 0.423 e. The molecule has 0 amide bonds. The molecule has 2 aromatic heterocycles. The molecule has 1 atom stereocenters. The number of nitrogens with zero attached hydrogens (tertiary/aromatic N) is 4. The van der Waals surface area contributed by atoms with E-state index in [0.29, 0.717) is 16.8 Å². The van der Waals surface area contributed by atoms with Crippen LogP contribution in [-0.2, 0) is 0 Å². The van der Waals surface area contributed by atoms with Crippen LogP contribution in [0.25, 0.3) is 5.69 Å². The van der Waals surface area contributed by atoms with Crippen molar-refractivity contribution in [1.29, 1.82) is 0 Å². The Morgan fingerprint density at radius 2 is 2.00 bits per heavy atom. The molecule has 3 aromatic rings. The van der Waals surface area contributed by atoms with E-state index in [9.17, 15) is 0 Å². The molecule has 1 N–H and O–H groups in total. The fourth-order valence-corrected chi connectivity index (χ4v) is 2.40. The lowest BCUT2D eigenvalue weighted by atomic mass is 10.3. The first kappa shape index (κ1) is 14.6. The maximum atomic E-state index is 6.23. The van der Waals surface area contributed by atoms with Gasteiger partial charge in [0.15, 0.2) is 0 Å². The van der Waals surface area contributed by atoms with Crippen LogP contribution in [0.5, 0.6) is 0 Å². The van der Waals surface area contributed by atoms with Crippen LogP contribution in [0.2, 0.25) is 5.02 Å². The van der Waals surface area contributed by atoms with Crippen LogP contribution in [0.4, 0.5) is 5.82 Å². The van der Waals surface area contributed by atoms with Crippen molar-refractivity contribution in [3.63, 3.8) is 0 Å². The lowest BCUT2D eigenvalue weighted by Gasteiger charge is -2.08. The Morgan fingerprint density at radius 1 is 1.23 bits per heavy atom. The Bertz CT molecular complexity index is 795. The molecule has 7 heteroatoms. The van der Waals surface area contributed by atoms with E-state index < -0.39 is 0 Å². The van der Waals surface area contributed by atoms with Crippen molar-refractivity contribution in [3.8, 4) is 5.69 Å². The van der Waals surface area contributed by atoms with E-state index in [-0.39, 0.29) is 6.04 Å². The second kappa shape index (κ2) is 5.81. The van der Waals surface area contributed by atoms with Gasteiger partial charge in [0, 0.05) is 18.7 Å². The second-order valence-electron chi connectivity index (χ2n) is 5.06. The van der Waals surface area contributed by atoms with Gasteiger partial charge in [0.1, 0.15) is 11.9 Å². The van der Waals surface area contributed by atoms with Gasteiger partial charge in [-0.3, -0.25) is 0 Å². The van der Waals surface area contributed by atoms with Crippen molar-refractivity contribution in [2.45, 2.75) is 26.8 Å². The number of para-hydroxylation sites is 1. The van der Waals surface area contributed by atoms with Crippen molar-refractivity contribution in [2.75, 3.05) is 5.32 Å². The standard InChI is InChI=1S/C15H16ClN5O/c1-9-8-14(17-10(2)15-19-18-11(3)22-15)20-21(9)13-7-5-4-6-12(13)16/h4-8,10H,1-3H3,(H,17,20). The summed E-state index contributed by atoms with van der Waals surface area (Å²) in [6.45, 7) is 5.68. The van der Waals surface area contributed by atoms with Crippen molar-refractivity contribution in [1.82, 2.24) is 20.0 Å². The van der Waals surface area contributed by atoms with Gasteiger partial charge in [-0.15, -0.1) is 10.2 Å². The number of benzene rings is 1. The van der Waals surface area contributed by atoms with E-state index >= 15 is 0 Å². The van der Waals surface area contributed by atoms with E-state index in [1.165, 1.54) is 0 Å². The zero-order chi connectivity index (χ0) is 15.7. The lowest BCUT2D eigenvalue weighted by molar-refractivity contribution is 0.450. The molecule has 1 unspecified atom stereocenters. The van der Waals surface area contributed by atoms with Gasteiger partial charge in [0.05, 0.1) is 10.7 Å². The van der Waals surface area contributed by atoms with Gasteiger partial charge in [-0.2, -0.15) is 5.10 Å². The number of aryl methyl sites for hydroxylation is 2. The van der Waals surface area contributed by atoms with Crippen LogP contribution in [0.3, 0.4) is 0 Å². The molecule has 1 aromatic carbocycles. The fraction of sp³-hybridized carbons (Fsp3) is 0.267. The minimum absolute atomic E-state index is 0.129. The molecule has 0 aliphatic carbocycles. The summed E-state index contributed by atoms with van der Waals surface area (Å²) in [5, 5.41) is 16.3. The Balaban J connectivity index is 1.85. The Morgan fingerprint density at radius 3 is 2.68 bits per heavy atom. The topological polar surface area (TPSA) is 68.8 Å². The number of rotatable bonds is 4. The van der Waals surface area contributed by atoms with E-state index in [1.807, 2.05) is 44.2 Å². The molecule has 0 radical (unpaired) electrons. The SMILES string of the molecule is Cc1nnc(C(C)Nc2cc(C)n(-c3ccccc3Cl)n2)o1. The summed E-state index contributed by atoms with van der Waals surface area (Å²) < 4.78 is 7.22. The number of halogens is 1. The summed E-state index contributed by atoms with van der Waals surface area (Å²) in [5.74, 6) is 1.80. The number of aromatic nitrogens is 4. The summed E-state index contributed by atoms with van der Waals surface area (Å²) >= 11 is 6.23. The van der Waals surface area contributed by atoms with Gasteiger partial charge >= 0.3 is 0 Å². The highest BCUT2D eigenvalue weighted by Crippen LogP contribution is 2.24. The van der Waals surface area contributed by atoms with Crippen LogP contribution in [0.15, 0.2) is 34.7 Å². The molecule has 114 valence electrons. The molecule has 0 saturated heterocycles. The zero-order valence-corrected chi connectivity index (χ0v) is 13.3. The van der Waals surface area contributed by atoms with Gasteiger partial charge in [0.2, 0.25) is 11.8 Å². The molecule has 2 heterocycles.